The van der Waals surface area contributed by atoms with Gasteiger partial charge in [0.25, 0.3) is 0 Å². The number of esters is 1. The van der Waals surface area contributed by atoms with Crippen LogP contribution in [0.4, 0.5) is 5.69 Å². The number of benzene rings is 2. The van der Waals surface area contributed by atoms with Gasteiger partial charge in [-0.15, -0.1) is 0 Å². The normalized spacial score (nSPS) is 10.3. The number of amides is 1. The van der Waals surface area contributed by atoms with Crippen LogP contribution in [-0.4, -0.2) is 30.2 Å². The highest BCUT2D eigenvalue weighted by molar-refractivity contribution is 7.80. The molecule has 2 aromatic rings. The Kier molecular flexibility index (Phi) is 11.6. The summed E-state index contributed by atoms with van der Waals surface area (Å²) in [5, 5.41) is 6.40. The molecule has 0 heterocycles. The minimum atomic E-state index is -0.343. The van der Waals surface area contributed by atoms with Gasteiger partial charge in [0.1, 0.15) is 5.75 Å². The van der Waals surface area contributed by atoms with Crippen molar-refractivity contribution in [3.05, 3.63) is 59.1 Å². The van der Waals surface area contributed by atoms with Crippen LogP contribution in [0.3, 0.4) is 0 Å². The lowest BCUT2D eigenvalue weighted by Crippen LogP contribution is -2.34. The monoisotopic (exact) mass is 476 g/mol. The van der Waals surface area contributed by atoms with Crippen LogP contribution in [0.15, 0.2) is 48.5 Å². The molecule has 0 atom stereocenters. The molecule has 2 aromatic carbocycles. The number of thiocarbonyl (C=S) groups is 1. The van der Waals surface area contributed by atoms with E-state index in [1.54, 1.807) is 48.5 Å². The molecule has 0 saturated carbocycles. The number of hydrogen-bond donors (Lipinski definition) is 2. The highest BCUT2D eigenvalue weighted by Crippen LogP contribution is 2.16. The van der Waals surface area contributed by atoms with E-state index >= 15 is 0 Å². The van der Waals surface area contributed by atoms with Crippen molar-refractivity contribution in [2.24, 2.45) is 0 Å². The number of nitrogens with one attached hydrogen (secondary N) is 2. The van der Waals surface area contributed by atoms with E-state index in [0.29, 0.717) is 41.7 Å². The maximum absolute atomic E-state index is 12.0. The first-order valence-electron chi connectivity index (χ1n) is 10.7. The topological polar surface area (TPSA) is 76.7 Å². The zero-order valence-corrected chi connectivity index (χ0v) is 19.8. The van der Waals surface area contributed by atoms with E-state index in [1.165, 1.54) is 0 Å². The fraction of sp³-hybridized carbons (Fsp3) is 0.375. The van der Waals surface area contributed by atoms with E-state index in [2.05, 4.69) is 17.6 Å². The van der Waals surface area contributed by atoms with Crippen molar-refractivity contribution in [2.75, 3.05) is 18.5 Å². The second kappa shape index (κ2) is 14.4. The molecule has 0 unspecified atom stereocenters. The minimum absolute atomic E-state index is 0.194. The predicted molar refractivity (Wildman–Crippen MR) is 131 cm³/mol. The summed E-state index contributed by atoms with van der Waals surface area (Å²) in [6, 6.07) is 13.8. The van der Waals surface area contributed by atoms with E-state index in [9.17, 15) is 9.59 Å². The molecule has 0 aliphatic heterocycles. The fourth-order valence-corrected chi connectivity index (χ4v) is 3.13. The van der Waals surface area contributed by atoms with E-state index in [0.717, 1.165) is 25.7 Å². The molecule has 0 radical (unpaired) electrons. The largest absolute Gasteiger partial charge is 0.494 e. The van der Waals surface area contributed by atoms with Crippen LogP contribution in [0, 0.1) is 0 Å². The van der Waals surface area contributed by atoms with Gasteiger partial charge in [-0.2, -0.15) is 0 Å². The summed E-state index contributed by atoms with van der Waals surface area (Å²) < 4.78 is 10.8. The maximum Gasteiger partial charge on any atom is 0.338 e. The van der Waals surface area contributed by atoms with Crippen LogP contribution in [0.1, 0.15) is 55.8 Å². The molecule has 6 nitrogen and oxygen atoms in total. The van der Waals surface area contributed by atoms with Crippen molar-refractivity contribution in [3.8, 4) is 5.75 Å². The first kappa shape index (κ1) is 25.6. The molecule has 0 aromatic heterocycles. The number of carbonyl (C=O) groups excluding carboxylic acids is 2. The van der Waals surface area contributed by atoms with Crippen molar-refractivity contribution in [3.63, 3.8) is 0 Å². The molecule has 1 amide bonds. The summed E-state index contributed by atoms with van der Waals surface area (Å²) in [7, 11) is 0. The lowest BCUT2D eigenvalue weighted by atomic mass is 10.2. The number of ether oxygens (including phenoxy) is 2. The second-order valence-corrected chi connectivity index (χ2v) is 8.03. The van der Waals surface area contributed by atoms with Gasteiger partial charge in [0.2, 0.25) is 5.91 Å². The lowest BCUT2D eigenvalue weighted by Gasteiger charge is -2.11. The number of carbonyl (C=O) groups is 2. The third-order valence-corrected chi connectivity index (χ3v) is 4.95. The Hall–Kier alpha value is -2.64. The van der Waals surface area contributed by atoms with Crippen LogP contribution >= 0.6 is 23.8 Å². The van der Waals surface area contributed by atoms with Crippen LogP contribution in [-0.2, 0) is 9.53 Å². The van der Waals surface area contributed by atoms with E-state index in [4.69, 9.17) is 33.3 Å². The van der Waals surface area contributed by atoms with Gasteiger partial charge in [0, 0.05) is 17.1 Å². The Morgan fingerprint density at radius 1 is 0.938 bits per heavy atom. The van der Waals surface area contributed by atoms with Gasteiger partial charge in [-0.25, -0.2) is 4.79 Å². The van der Waals surface area contributed by atoms with Gasteiger partial charge < -0.3 is 20.1 Å². The van der Waals surface area contributed by atoms with Gasteiger partial charge >= 0.3 is 5.97 Å². The number of hydrogen-bond acceptors (Lipinski definition) is 5. The number of halogens is 1. The third-order valence-electron chi connectivity index (χ3n) is 4.49. The Morgan fingerprint density at radius 3 is 2.34 bits per heavy atom. The zero-order valence-electron chi connectivity index (χ0n) is 18.2. The molecular weight excluding hydrogens is 448 g/mol. The first-order valence-corrected chi connectivity index (χ1v) is 11.5. The molecule has 172 valence electrons. The molecule has 0 aliphatic carbocycles. The molecule has 2 N–H and O–H groups in total. The van der Waals surface area contributed by atoms with Gasteiger partial charge in [-0.1, -0.05) is 37.8 Å². The van der Waals surface area contributed by atoms with Crippen molar-refractivity contribution < 1.29 is 19.1 Å². The van der Waals surface area contributed by atoms with Crippen molar-refractivity contribution in [1.29, 1.82) is 0 Å². The second-order valence-electron chi connectivity index (χ2n) is 7.18. The van der Waals surface area contributed by atoms with Crippen LogP contribution in [0.25, 0.3) is 0 Å². The van der Waals surface area contributed by atoms with Crippen molar-refractivity contribution in [1.82, 2.24) is 5.32 Å². The quantitative estimate of drug-likeness (QED) is 0.231. The maximum atomic E-state index is 12.0. The fourth-order valence-electron chi connectivity index (χ4n) is 2.77. The summed E-state index contributed by atoms with van der Waals surface area (Å²) in [6.45, 7) is 2.98. The number of anilines is 1. The molecule has 0 fully saturated rings. The van der Waals surface area contributed by atoms with Gasteiger partial charge in [0.05, 0.1) is 18.8 Å². The smallest absolute Gasteiger partial charge is 0.338 e. The standard InChI is InChI=1S/C24H29ClN2O4S/c1-2-3-4-5-16-31-23(29)18-8-12-20(13-9-18)26-24(32)27-22(28)7-6-17-30-21-14-10-19(25)11-15-21/h8-15H,2-7,16-17H2,1H3,(H2,26,27,28,32). The summed E-state index contributed by atoms with van der Waals surface area (Å²) in [5.41, 5.74) is 1.14. The molecular formula is C24H29ClN2O4S. The Morgan fingerprint density at radius 2 is 1.66 bits per heavy atom. The van der Waals surface area contributed by atoms with Crippen LogP contribution in [0.2, 0.25) is 5.02 Å². The summed E-state index contributed by atoms with van der Waals surface area (Å²) >= 11 is 11.0. The number of unbranched alkanes of at least 4 members (excludes halogenated alkanes) is 3. The Bertz CT molecular complexity index is 873. The first-order chi connectivity index (χ1) is 15.5. The van der Waals surface area contributed by atoms with Gasteiger partial charge in [0.15, 0.2) is 5.11 Å². The SMILES string of the molecule is CCCCCCOC(=O)c1ccc(NC(=S)NC(=O)CCCOc2ccc(Cl)cc2)cc1. The van der Waals surface area contributed by atoms with Gasteiger partial charge in [-0.05, 0) is 73.6 Å². The van der Waals surface area contributed by atoms with E-state index < -0.39 is 0 Å². The summed E-state index contributed by atoms with van der Waals surface area (Å²) in [6.07, 6.45) is 5.05. The predicted octanol–water partition coefficient (Wildman–Crippen LogP) is 5.75. The highest BCUT2D eigenvalue weighted by Gasteiger charge is 2.08. The van der Waals surface area contributed by atoms with Crippen LogP contribution in [0.5, 0.6) is 5.75 Å². The third kappa shape index (κ3) is 10.1. The highest BCUT2D eigenvalue weighted by atomic mass is 35.5. The molecule has 8 heteroatoms. The molecule has 2 rings (SSSR count). The van der Waals surface area contributed by atoms with Gasteiger partial charge in [-0.3, -0.25) is 4.79 Å². The number of rotatable bonds is 12. The molecule has 32 heavy (non-hydrogen) atoms. The molecule has 0 aliphatic rings. The van der Waals surface area contributed by atoms with Crippen LogP contribution < -0.4 is 15.4 Å². The summed E-state index contributed by atoms with van der Waals surface area (Å²) in [4.78, 5) is 24.1. The minimum Gasteiger partial charge on any atom is -0.494 e. The van der Waals surface area contributed by atoms with Crippen molar-refractivity contribution in [2.45, 2.75) is 45.4 Å². The molecule has 0 saturated heterocycles. The Labute approximate surface area is 199 Å². The van der Waals surface area contributed by atoms with Crippen molar-refractivity contribution >= 4 is 46.5 Å². The molecule has 0 spiro atoms. The van der Waals surface area contributed by atoms with E-state index in [-0.39, 0.29) is 23.4 Å². The zero-order chi connectivity index (χ0) is 23.2. The molecule has 0 bridgehead atoms. The average Bonchev–Trinajstić information content (AvgIpc) is 2.78. The average molecular weight is 477 g/mol. The lowest BCUT2D eigenvalue weighted by molar-refractivity contribution is -0.119. The summed E-state index contributed by atoms with van der Waals surface area (Å²) in [5.74, 6) is 0.158. The van der Waals surface area contributed by atoms with E-state index in [1.807, 2.05) is 0 Å². The Balaban J connectivity index is 1.64.